The van der Waals surface area contributed by atoms with E-state index in [1.807, 2.05) is 6.92 Å². The Balaban J connectivity index is 1.69. The van der Waals surface area contributed by atoms with Crippen LogP contribution in [0, 0.1) is 11.8 Å². The molecule has 0 aromatic heterocycles. The standard InChI is InChI=1S/C16H19NO5/c1-2-21-10-5-3-9(4-6-10)17-15(18)13-11-7-8-12(22-11)14(13)16(19)20/h3-6,11-14H,2,7-8H2,1H3,(H,17,18)(H,19,20)/t11-,12+,13+,14-/m0/s1. The molecule has 2 aliphatic heterocycles. The van der Waals surface area contributed by atoms with Gasteiger partial charge >= 0.3 is 5.97 Å². The lowest BCUT2D eigenvalue weighted by molar-refractivity contribution is -0.147. The fourth-order valence-corrected chi connectivity index (χ4v) is 3.35. The lowest BCUT2D eigenvalue weighted by Crippen LogP contribution is -2.40. The summed E-state index contributed by atoms with van der Waals surface area (Å²) in [4.78, 5) is 23.8. The van der Waals surface area contributed by atoms with E-state index in [0.717, 1.165) is 12.2 Å². The summed E-state index contributed by atoms with van der Waals surface area (Å²) in [5.41, 5.74) is 0.625. The third-order valence-electron chi connectivity index (χ3n) is 4.29. The van der Waals surface area contributed by atoms with E-state index < -0.39 is 17.8 Å². The molecule has 0 aliphatic carbocycles. The fourth-order valence-electron chi connectivity index (χ4n) is 3.35. The van der Waals surface area contributed by atoms with E-state index in [2.05, 4.69) is 5.32 Å². The minimum absolute atomic E-state index is 0.284. The van der Waals surface area contributed by atoms with Crippen molar-refractivity contribution in [1.82, 2.24) is 0 Å². The number of rotatable bonds is 5. The zero-order chi connectivity index (χ0) is 15.7. The quantitative estimate of drug-likeness (QED) is 0.868. The maximum absolute atomic E-state index is 12.4. The second-order valence-electron chi connectivity index (χ2n) is 5.63. The second kappa shape index (κ2) is 5.96. The predicted octanol–water partition coefficient (Wildman–Crippen LogP) is 1.90. The van der Waals surface area contributed by atoms with Gasteiger partial charge in [-0.25, -0.2) is 0 Å². The normalized spacial score (nSPS) is 29.3. The minimum Gasteiger partial charge on any atom is -0.494 e. The highest BCUT2D eigenvalue weighted by molar-refractivity contribution is 5.96. The number of benzene rings is 1. The second-order valence-corrected chi connectivity index (χ2v) is 5.63. The van der Waals surface area contributed by atoms with Crippen LogP contribution >= 0.6 is 0 Å². The van der Waals surface area contributed by atoms with Crippen LogP contribution in [0.2, 0.25) is 0 Å². The van der Waals surface area contributed by atoms with Crippen LogP contribution in [0.5, 0.6) is 5.75 Å². The van der Waals surface area contributed by atoms with Gasteiger partial charge in [0.25, 0.3) is 0 Å². The highest BCUT2D eigenvalue weighted by atomic mass is 16.5. The van der Waals surface area contributed by atoms with Gasteiger partial charge in [-0.3, -0.25) is 9.59 Å². The number of ether oxygens (including phenoxy) is 2. The van der Waals surface area contributed by atoms with Crippen molar-refractivity contribution in [2.24, 2.45) is 11.8 Å². The van der Waals surface area contributed by atoms with E-state index in [9.17, 15) is 14.7 Å². The molecule has 6 heteroatoms. The van der Waals surface area contributed by atoms with Crippen molar-refractivity contribution >= 4 is 17.6 Å². The van der Waals surface area contributed by atoms with Crippen LogP contribution in [0.15, 0.2) is 24.3 Å². The van der Waals surface area contributed by atoms with E-state index in [1.54, 1.807) is 24.3 Å². The van der Waals surface area contributed by atoms with Crippen LogP contribution in [-0.4, -0.2) is 35.8 Å². The van der Waals surface area contributed by atoms with Gasteiger partial charge in [0.15, 0.2) is 0 Å². The van der Waals surface area contributed by atoms with E-state index in [4.69, 9.17) is 9.47 Å². The van der Waals surface area contributed by atoms with Crippen molar-refractivity contribution in [3.63, 3.8) is 0 Å². The molecule has 1 amide bonds. The molecular formula is C16H19NO5. The van der Waals surface area contributed by atoms with Gasteiger partial charge in [0.1, 0.15) is 5.75 Å². The largest absolute Gasteiger partial charge is 0.494 e. The number of aliphatic carboxylic acids is 1. The highest BCUT2D eigenvalue weighted by Crippen LogP contribution is 2.44. The Morgan fingerprint density at radius 2 is 1.86 bits per heavy atom. The molecule has 1 aromatic carbocycles. The first-order valence-corrected chi connectivity index (χ1v) is 7.52. The van der Waals surface area contributed by atoms with Crippen molar-refractivity contribution in [3.8, 4) is 5.75 Å². The highest BCUT2D eigenvalue weighted by Gasteiger charge is 2.55. The number of carboxylic acid groups (broad SMARTS) is 1. The van der Waals surface area contributed by atoms with Crippen molar-refractivity contribution in [1.29, 1.82) is 0 Å². The van der Waals surface area contributed by atoms with E-state index >= 15 is 0 Å². The molecule has 0 radical (unpaired) electrons. The van der Waals surface area contributed by atoms with Crippen molar-refractivity contribution in [2.45, 2.75) is 32.0 Å². The Kier molecular flexibility index (Phi) is 4.02. The molecule has 0 saturated carbocycles. The first-order valence-electron chi connectivity index (χ1n) is 7.52. The average molecular weight is 305 g/mol. The number of hydrogen-bond acceptors (Lipinski definition) is 4. The average Bonchev–Trinajstić information content (AvgIpc) is 3.10. The molecule has 2 aliphatic rings. The summed E-state index contributed by atoms with van der Waals surface area (Å²) >= 11 is 0. The maximum atomic E-state index is 12.4. The van der Waals surface area contributed by atoms with Crippen LogP contribution in [-0.2, 0) is 14.3 Å². The Hall–Kier alpha value is -2.08. The minimum atomic E-state index is -0.959. The molecule has 22 heavy (non-hydrogen) atoms. The number of fused-ring (bicyclic) bond motifs is 2. The Morgan fingerprint density at radius 3 is 2.45 bits per heavy atom. The van der Waals surface area contributed by atoms with E-state index in [1.165, 1.54) is 0 Å². The Bertz CT molecular complexity index is 570. The molecule has 4 atom stereocenters. The number of carbonyl (C=O) groups is 2. The third-order valence-corrected chi connectivity index (χ3v) is 4.29. The van der Waals surface area contributed by atoms with Crippen LogP contribution < -0.4 is 10.1 Å². The van der Waals surface area contributed by atoms with Crippen LogP contribution in [0.1, 0.15) is 19.8 Å². The number of hydrogen-bond donors (Lipinski definition) is 2. The summed E-state index contributed by atoms with van der Waals surface area (Å²) in [5.74, 6) is -1.89. The Morgan fingerprint density at radius 1 is 1.23 bits per heavy atom. The van der Waals surface area contributed by atoms with Gasteiger partial charge < -0.3 is 19.9 Å². The van der Waals surface area contributed by atoms with Gasteiger partial charge in [-0.15, -0.1) is 0 Å². The molecule has 2 saturated heterocycles. The summed E-state index contributed by atoms with van der Waals surface area (Å²) in [7, 11) is 0. The summed E-state index contributed by atoms with van der Waals surface area (Å²) in [5, 5.41) is 12.1. The van der Waals surface area contributed by atoms with Crippen LogP contribution in [0.3, 0.4) is 0 Å². The predicted molar refractivity (Wildman–Crippen MR) is 78.8 cm³/mol. The monoisotopic (exact) mass is 305 g/mol. The molecule has 2 heterocycles. The fraction of sp³-hybridized carbons (Fsp3) is 0.500. The first kappa shape index (κ1) is 14.8. The van der Waals surface area contributed by atoms with Gasteiger partial charge in [0.2, 0.25) is 5.91 Å². The molecule has 118 valence electrons. The summed E-state index contributed by atoms with van der Waals surface area (Å²) in [6, 6.07) is 7.02. The van der Waals surface area contributed by atoms with Gasteiger partial charge in [-0.05, 0) is 44.0 Å². The lowest BCUT2D eigenvalue weighted by atomic mass is 9.78. The molecule has 2 fully saturated rings. The molecule has 0 spiro atoms. The SMILES string of the molecule is CCOc1ccc(NC(=O)[C@H]2[C@@H](C(=O)O)[C@H]3CC[C@@H]2O3)cc1. The maximum Gasteiger partial charge on any atom is 0.310 e. The van der Waals surface area contributed by atoms with Gasteiger partial charge in [-0.1, -0.05) is 0 Å². The number of anilines is 1. The first-order chi connectivity index (χ1) is 10.6. The van der Waals surface area contributed by atoms with Crippen LogP contribution in [0.25, 0.3) is 0 Å². The van der Waals surface area contributed by atoms with Crippen LogP contribution in [0.4, 0.5) is 5.69 Å². The molecule has 6 nitrogen and oxygen atoms in total. The number of carboxylic acids is 1. The van der Waals surface area contributed by atoms with Gasteiger partial charge in [0.05, 0.1) is 30.7 Å². The molecule has 0 unspecified atom stereocenters. The number of nitrogens with one attached hydrogen (secondary N) is 1. The summed E-state index contributed by atoms with van der Waals surface area (Å²) < 4.78 is 11.0. The smallest absolute Gasteiger partial charge is 0.310 e. The molecular weight excluding hydrogens is 286 g/mol. The van der Waals surface area contributed by atoms with E-state index in [0.29, 0.717) is 18.7 Å². The van der Waals surface area contributed by atoms with Gasteiger partial charge in [0, 0.05) is 5.69 Å². The summed E-state index contributed by atoms with van der Waals surface area (Å²) in [6.07, 6.45) is 0.844. The molecule has 1 aromatic rings. The van der Waals surface area contributed by atoms with E-state index in [-0.39, 0.29) is 18.1 Å². The number of amides is 1. The third kappa shape index (κ3) is 2.66. The zero-order valence-corrected chi connectivity index (χ0v) is 12.3. The number of carbonyl (C=O) groups excluding carboxylic acids is 1. The molecule has 2 bridgehead atoms. The zero-order valence-electron chi connectivity index (χ0n) is 12.3. The Labute approximate surface area is 128 Å². The van der Waals surface area contributed by atoms with Gasteiger partial charge in [-0.2, -0.15) is 0 Å². The summed E-state index contributed by atoms with van der Waals surface area (Å²) in [6.45, 7) is 2.48. The topological polar surface area (TPSA) is 84.9 Å². The molecule has 2 N–H and O–H groups in total. The van der Waals surface area contributed by atoms with Crippen molar-refractivity contribution in [3.05, 3.63) is 24.3 Å². The van der Waals surface area contributed by atoms with Crippen molar-refractivity contribution < 1.29 is 24.2 Å². The lowest BCUT2D eigenvalue weighted by Gasteiger charge is -2.23. The van der Waals surface area contributed by atoms with Crippen molar-refractivity contribution in [2.75, 3.05) is 11.9 Å². The molecule has 3 rings (SSSR count).